The summed E-state index contributed by atoms with van der Waals surface area (Å²) in [5.41, 5.74) is 3.46. The Morgan fingerprint density at radius 1 is 1.07 bits per heavy atom. The molecule has 1 saturated heterocycles. The molecule has 1 aliphatic carbocycles. The van der Waals surface area contributed by atoms with Gasteiger partial charge in [0.15, 0.2) is 0 Å². The number of hydrogen-bond acceptors (Lipinski definition) is 3. The van der Waals surface area contributed by atoms with Crippen molar-refractivity contribution in [3.8, 4) is 5.75 Å². The van der Waals surface area contributed by atoms with Gasteiger partial charge >= 0.3 is 0 Å². The highest BCUT2D eigenvalue weighted by Gasteiger charge is 2.43. The van der Waals surface area contributed by atoms with Crippen molar-refractivity contribution in [2.45, 2.75) is 44.9 Å². The average molecular weight is 362 g/mol. The molecule has 0 N–H and O–H groups in total. The summed E-state index contributed by atoms with van der Waals surface area (Å²) >= 11 is 0. The van der Waals surface area contributed by atoms with Gasteiger partial charge in [0.2, 0.25) is 5.91 Å². The number of para-hydroxylation sites is 2. The van der Waals surface area contributed by atoms with E-state index in [2.05, 4.69) is 36.1 Å². The van der Waals surface area contributed by atoms with E-state index < -0.39 is 0 Å². The molecule has 0 radical (unpaired) electrons. The van der Waals surface area contributed by atoms with Crippen molar-refractivity contribution >= 4 is 11.6 Å². The van der Waals surface area contributed by atoms with Crippen LogP contribution in [-0.2, 0) is 11.3 Å². The molecule has 2 heterocycles. The molecule has 1 saturated carbocycles. The number of rotatable bonds is 4. The molecule has 2 aromatic carbocycles. The smallest absolute Gasteiger partial charge is 0.244 e. The van der Waals surface area contributed by atoms with Crippen LogP contribution in [0.3, 0.4) is 0 Å². The first kappa shape index (κ1) is 16.8. The SMILES string of the molecule is Cc1ccc(CN2C[C@@H]3C[C@H]2C(=O)N(CC2CC2)c2ccccc2O3)cc1. The number of fused-ring (bicyclic) bond motifs is 3. The zero-order chi connectivity index (χ0) is 18.4. The summed E-state index contributed by atoms with van der Waals surface area (Å²) in [4.78, 5) is 17.9. The second-order valence-corrected chi connectivity index (χ2v) is 8.27. The fourth-order valence-electron chi connectivity index (χ4n) is 4.31. The Hall–Kier alpha value is -2.33. The van der Waals surface area contributed by atoms with Crippen molar-refractivity contribution in [3.05, 3.63) is 59.7 Å². The molecular formula is C23H26N2O2. The lowest BCUT2D eigenvalue weighted by Gasteiger charge is -2.32. The standard InChI is InChI=1S/C23H26N2O2/c1-16-6-8-17(9-7-16)13-24-15-19-12-21(24)23(26)25(14-18-10-11-18)20-4-2-3-5-22(20)27-19/h2-9,18-19,21H,10-15H2,1H3/t19-,21-/m0/s1. The highest BCUT2D eigenvalue weighted by Crippen LogP contribution is 2.39. The van der Waals surface area contributed by atoms with Gasteiger partial charge in [-0.3, -0.25) is 9.69 Å². The fourth-order valence-corrected chi connectivity index (χ4v) is 4.31. The first-order valence-electron chi connectivity index (χ1n) is 10.0. The number of carbonyl (C=O) groups excluding carboxylic acids is 1. The maximum absolute atomic E-state index is 13.6. The molecule has 2 aliphatic heterocycles. The third kappa shape index (κ3) is 3.34. The van der Waals surface area contributed by atoms with Gasteiger partial charge in [-0.05, 0) is 43.4 Å². The molecule has 140 valence electrons. The number of anilines is 1. The van der Waals surface area contributed by atoms with Crippen LogP contribution in [0, 0.1) is 12.8 Å². The molecule has 2 fully saturated rings. The Bertz CT molecular complexity index is 844. The van der Waals surface area contributed by atoms with Crippen molar-refractivity contribution < 1.29 is 9.53 Å². The lowest BCUT2D eigenvalue weighted by molar-refractivity contribution is -0.123. The van der Waals surface area contributed by atoms with Crippen molar-refractivity contribution in [2.75, 3.05) is 18.0 Å². The third-order valence-corrected chi connectivity index (χ3v) is 6.01. The van der Waals surface area contributed by atoms with Crippen LogP contribution in [0.15, 0.2) is 48.5 Å². The fraction of sp³-hybridized carbons (Fsp3) is 0.435. The minimum atomic E-state index is -0.0941. The van der Waals surface area contributed by atoms with Crippen LogP contribution in [0.4, 0.5) is 5.69 Å². The Morgan fingerprint density at radius 3 is 2.63 bits per heavy atom. The van der Waals surface area contributed by atoms with E-state index in [1.165, 1.54) is 24.0 Å². The van der Waals surface area contributed by atoms with Gasteiger partial charge in [-0.15, -0.1) is 0 Å². The summed E-state index contributed by atoms with van der Waals surface area (Å²) in [7, 11) is 0. The van der Waals surface area contributed by atoms with Crippen LogP contribution in [0.5, 0.6) is 5.75 Å². The minimum absolute atomic E-state index is 0.0774. The Labute approximate surface area is 160 Å². The first-order valence-corrected chi connectivity index (χ1v) is 10.0. The van der Waals surface area contributed by atoms with Crippen molar-refractivity contribution in [1.29, 1.82) is 0 Å². The summed E-state index contributed by atoms with van der Waals surface area (Å²) < 4.78 is 6.36. The number of amides is 1. The van der Waals surface area contributed by atoms with Crippen LogP contribution in [0.1, 0.15) is 30.4 Å². The predicted octanol–water partition coefficient (Wildman–Crippen LogP) is 3.77. The number of hydrogen-bond donors (Lipinski definition) is 0. The van der Waals surface area contributed by atoms with Crippen molar-refractivity contribution in [1.82, 2.24) is 4.90 Å². The lowest BCUT2D eigenvalue weighted by atomic mass is 10.1. The average Bonchev–Trinajstić information content (AvgIpc) is 3.40. The second kappa shape index (κ2) is 6.68. The number of ether oxygens (including phenoxy) is 1. The summed E-state index contributed by atoms with van der Waals surface area (Å²) in [6.07, 6.45) is 3.31. The van der Waals surface area contributed by atoms with Crippen LogP contribution >= 0.6 is 0 Å². The second-order valence-electron chi connectivity index (χ2n) is 8.27. The van der Waals surface area contributed by atoms with Gasteiger partial charge in [0.05, 0.1) is 11.7 Å². The minimum Gasteiger partial charge on any atom is -0.487 e. The van der Waals surface area contributed by atoms with Crippen LogP contribution in [0.2, 0.25) is 0 Å². The number of nitrogens with zero attached hydrogens (tertiary/aromatic N) is 2. The van der Waals surface area contributed by atoms with Gasteiger partial charge in [0.1, 0.15) is 11.9 Å². The Kier molecular flexibility index (Phi) is 4.16. The zero-order valence-corrected chi connectivity index (χ0v) is 15.8. The maximum atomic E-state index is 13.6. The van der Waals surface area contributed by atoms with E-state index in [0.29, 0.717) is 5.92 Å². The molecule has 0 aromatic heterocycles. The molecule has 5 rings (SSSR count). The highest BCUT2D eigenvalue weighted by atomic mass is 16.5. The number of benzene rings is 2. The van der Waals surface area contributed by atoms with Gasteiger partial charge in [-0.1, -0.05) is 42.0 Å². The quantitative estimate of drug-likeness (QED) is 0.830. The third-order valence-electron chi connectivity index (χ3n) is 6.01. The van der Waals surface area contributed by atoms with Gasteiger partial charge in [-0.2, -0.15) is 0 Å². The van der Waals surface area contributed by atoms with Crippen LogP contribution in [0.25, 0.3) is 0 Å². The van der Waals surface area contributed by atoms with Gasteiger partial charge in [0, 0.05) is 26.1 Å². The highest BCUT2D eigenvalue weighted by molar-refractivity contribution is 5.99. The van der Waals surface area contributed by atoms with E-state index in [9.17, 15) is 4.79 Å². The summed E-state index contributed by atoms with van der Waals surface area (Å²) in [6, 6.07) is 16.6. The van der Waals surface area contributed by atoms with Crippen molar-refractivity contribution in [2.24, 2.45) is 5.92 Å². The molecule has 2 atom stereocenters. The van der Waals surface area contributed by atoms with E-state index in [4.69, 9.17) is 4.74 Å². The number of aryl methyl sites for hydroxylation is 1. The summed E-state index contributed by atoms with van der Waals surface area (Å²) in [5, 5.41) is 0. The molecule has 27 heavy (non-hydrogen) atoms. The van der Waals surface area contributed by atoms with Gasteiger partial charge < -0.3 is 9.64 Å². The van der Waals surface area contributed by atoms with Crippen LogP contribution in [-0.4, -0.2) is 36.0 Å². The maximum Gasteiger partial charge on any atom is 0.244 e. The van der Waals surface area contributed by atoms with E-state index >= 15 is 0 Å². The topological polar surface area (TPSA) is 32.8 Å². The van der Waals surface area contributed by atoms with Gasteiger partial charge in [0.25, 0.3) is 0 Å². The molecular weight excluding hydrogens is 336 g/mol. The molecule has 4 nitrogen and oxygen atoms in total. The molecule has 2 aromatic rings. The predicted molar refractivity (Wildman–Crippen MR) is 106 cm³/mol. The van der Waals surface area contributed by atoms with Gasteiger partial charge in [-0.25, -0.2) is 0 Å². The first-order chi connectivity index (χ1) is 13.2. The summed E-state index contributed by atoms with van der Waals surface area (Å²) in [5.74, 6) is 1.74. The monoisotopic (exact) mass is 362 g/mol. The zero-order valence-electron chi connectivity index (χ0n) is 15.8. The number of likely N-dealkylation sites (tertiary alicyclic amines) is 1. The van der Waals surface area contributed by atoms with Crippen LogP contribution < -0.4 is 9.64 Å². The summed E-state index contributed by atoms with van der Waals surface area (Å²) in [6.45, 7) is 4.52. The molecule has 2 bridgehead atoms. The molecule has 4 heteroatoms. The molecule has 0 unspecified atom stereocenters. The molecule has 1 amide bonds. The molecule has 0 spiro atoms. The van der Waals surface area contributed by atoms with E-state index in [1.54, 1.807) is 0 Å². The lowest BCUT2D eigenvalue weighted by Crippen LogP contribution is -2.46. The Balaban J connectivity index is 1.45. The normalized spacial score (nSPS) is 24.9. The van der Waals surface area contributed by atoms with E-state index in [-0.39, 0.29) is 18.1 Å². The molecule has 3 aliphatic rings. The Morgan fingerprint density at radius 2 is 1.85 bits per heavy atom. The largest absolute Gasteiger partial charge is 0.487 e. The van der Waals surface area contributed by atoms with E-state index in [0.717, 1.165) is 37.5 Å². The van der Waals surface area contributed by atoms with Crippen molar-refractivity contribution in [3.63, 3.8) is 0 Å². The number of carbonyl (C=O) groups is 1. The van der Waals surface area contributed by atoms with E-state index in [1.807, 2.05) is 29.2 Å².